The van der Waals surface area contributed by atoms with Crippen LogP contribution in [0.4, 0.5) is 11.4 Å². The highest BCUT2D eigenvalue weighted by atomic mass is 16.5. The number of aryl methyl sites for hydroxylation is 1. The number of nitrogens with one attached hydrogen (secondary N) is 3. The number of amides is 1. The molecule has 3 aliphatic heterocycles. The van der Waals surface area contributed by atoms with Crippen LogP contribution in [0.5, 0.6) is 0 Å². The third-order valence-electron chi connectivity index (χ3n) is 7.58. The molecule has 3 N–H and O–H groups in total. The molecule has 1 amide bonds. The topological polar surface area (TPSA) is 122 Å². The molecule has 40 heavy (non-hydrogen) atoms. The molecule has 212 valence electrons. The molecule has 1 aromatic carbocycles. The number of guanidine groups is 1. The van der Waals surface area contributed by atoms with Gasteiger partial charge >= 0.3 is 0 Å². The average Bonchev–Trinajstić information content (AvgIpc) is 3.26. The first kappa shape index (κ1) is 27.7. The van der Waals surface area contributed by atoms with Crippen molar-refractivity contribution < 1.29 is 9.53 Å². The van der Waals surface area contributed by atoms with Crippen molar-refractivity contribution >= 4 is 35.0 Å². The Morgan fingerprint density at radius 3 is 2.75 bits per heavy atom. The van der Waals surface area contributed by atoms with Gasteiger partial charge in [-0.1, -0.05) is 13.0 Å². The first-order valence-corrected chi connectivity index (χ1v) is 14.0. The lowest BCUT2D eigenvalue weighted by molar-refractivity contribution is 0.0997. The van der Waals surface area contributed by atoms with Gasteiger partial charge in [0.05, 0.1) is 23.6 Å². The Labute approximate surface area is 235 Å². The van der Waals surface area contributed by atoms with E-state index in [4.69, 9.17) is 10.1 Å². The molecule has 3 aliphatic rings. The second-order valence-corrected chi connectivity index (χ2v) is 10.9. The molecule has 5 rings (SSSR count). The number of hydrogen-bond acceptors (Lipinski definition) is 10. The van der Waals surface area contributed by atoms with Crippen LogP contribution in [0.15, 0.2) is 35.1 Å². The molecular weight excluding hydrogens is 506 g/mol. The number of carbonyl (C=O) groups is 1. The maximum absolute atomic E-state index is 13.5. The number of piperazine rings is 1. The molecule has 4 heterocycles. The Hall–Kier alpha value is -3.83. The highest BCUT2D eigenvalue weighted by Crippen LogP contribution is 2.35. The van der Waals surface area contributed by atoms with E-state index in [9.17, 15) is 4.79 Å². The number of allylic oxidation sites excluding steroid dienone is 1. The fourth-order valence-corrected chi connectivity index (χ4v) is 5.32. The number of fused-ring (bicyclic) bond motifs is 5. The van der Waals surface area contributed by atoms with Crippen LogP contribution >= 0.6 is 0 Å². The number of likely N-dealkylation sites (N-methyl/N-ethyl adjacent to an activating group) is 1. The van der Waals surface area contributed by atoms with Gasteiger partial charge in [-0.15, -0.1) is 0 Å². The highest BCUT2D eigenvalue weighted by molar-refractivity contribution is 6.19. The number of benzene rings is 1. The first-order valence-electron chi connectivity index (χ1n) is 14.0. The summed E-state index contributed by atoms with van der Waals surface area (Å²) < 4.78 is 6.01. The van der Waals surface area contributed by atoms with E-state index < -0.39 is 5.91 Å². The van der Waals surface area contributed by atoms with Crippen molar-refractivity contribution in [3.63, 3.8) is 0 Å². The zero-order valence-electron chi connectivity index (χ0n) is 23.8. The zero-order chi connectivity index (χ0) is 28.2. The van der Waals surface area contributed by atoms with Gasteiger partial charge in [0.2, 0.25) is 5.96 Å². The number of aliphatic imine (C=N–C) groups is 1. The number of nitrogens with zero attached hydrogens (tertiary/aromatic N) is 6. The molecule has 2 aromatic rings. The smallest absolute Gasteiger partial charge is 0.298 e. The van der Waals surface area contributed by atoms with Crippen molar-refractivity contribution in [3.05, 3.63) is 52.9 Å². The van der Waals surface area contributed by atoms with E-state index in [1.807, 2.05) is 0 Å². The Bertz CT molecular complexity index is 1330. The van der Waals surface area contributed by atoms with E-state index in [0.717, 1.165) is 63.2 Å². The van der Waals surface area contributed by atoms with Gasteiger partial charge in [0.25, 0.3) is 5.91 Å². The van der Waals surface area contributed by atoms with Crippen LogP contribution in [0.3, 0.4) is 0 Å². The maximum atomic E-state index is 13.5. The number of rotatable bonds is 4. The summed E-state index contributed by atoms with van der Waals surface area (Å²) in [7, 11) is 3.90. The molecule has 1 atom stereocenters. The van der Waals surface area contributed by atoms with Gasteiger partial charge in [0.1, 0.15) is 5.69 Å². The lowest BCUT2D eigenvalue weighted by Crippen LogP contribution is -2.43. The third-order valence-corrected chi connectivity index (χ3v) is 7.58. The summed E-state index contributed by atoms with van der Waals surface area (Å²) in [5.74, 6) is 1.02. The van der Waals surface area contributed by atoms with Crippen LogP contribution in [-0.4, -0.2) is 91.3 Å². The van der Waals surface area contributed by atoms with Crippen LogP contribution in [0, 0.1) is 18.3 Å². The normalized spacial score (nSPS) is 24.0. The van der Waals surface area contributed by atoms with Crippen LogP contribution in [0.25, 0.3) is 5.57 Å². The number of anilines is 2. The fraction of sp³-hybridized carbons (Fsp3) is 0.483. The Balaban J connectivity index is 1.49. The number of carbonyl (C=O) groups excluding carboxylic acids is 1. The number of ether oxygens (including phenoxy) is 1. The number of hydrogen-bond donors (Lipinski definition) is 3. The first-order chi connectivity index (χ1) is 19.3. The molecule has 1 fully saturated rings. The van der Waals surface area contributed by atoms with Crippen LogP contribution in [-0.2, 0) is 11.3 Å². The Morgan fingerprint density at radius 1 is 1.20 bits per heavy atom. The monoisotopic (exact) mass is 545 g/mol. The largest absolute Gasteiger partial charge is 0.479 e. The molecular formula is C29H39N9O2. The maximum Gasteiger partial charge on any atom is 0.298 e. The SMILES string of the molecule is CN/C1=C(\C=N)c2nc(C)cc(n2)C(=O)/N=C2\Nc3ccc(CN4CCN(C)CC4)cc3N2C[C@H](C)CCCO1. The molecule has 0 radical (unpaired) electrons. The molecule has 1 aromatic heterocycles. The highest BCUT2D eigenvalue weighted by Gasteiger charge is 2.29. The zero-order valence-corrected chi connectivity index (χ0v) is 23.8. The molecule has 0 saturated carbocycles. The second kappa shape index (κ2) is 12.1. The quantitative estimate of drug-likeness (QED) is 0.498. The minimum atomic E-state index is -0.469. The molecule has 0 spiro atoms. The molecule has 11 heteroatoms. The van der Waals surface area contributed by atoms with Gasteiger partial charge in [-0.2, -0.15) is 4.99 Å². The third kappa shape index (κ3) is 6.15. The van der Waals surface area contributed by atoms with Gasteiger partial charge in [-0.3, -0.25) is 9.69 Å². The molecule has 1 saturated heterocycles. The standard InChI is InChI=1S/C29H39N9O2/c1-19-6-5-13-40-28(31-3)22(16-30)26-32-20(2)14-24(33-26)27(39)35-29-34-23-8-7-21(15-25(23)38(29)17-19)18-37-11-9-36(4)10-12-37/h7-8,14-16,19,30-31H,5-6,9-13,17-18H2,1-4H3,(H,34,35,39)/b28-22-,30-16?/t19-/m1/s1. The van der Waals surface area contributed by atoms with Crippen molar-refractivity contribution in [3.8, 4) is 0 Å². The lowest BCUT2D eigenvalue weighted by Gasteiger charge is -2.32. The molecule has 0 aliphatic carbocycles. The lowest BCUT2D eigenvalue weighted by atomic mass is 10.0. The Morgan fingerprint density at radius 2 is 2.00 bits per heavy atom. The molecule has 0 unspecified atom stereocenters. The number of aromatic nitrogens is 2. The summed E-state index contributed by atoms with van der Waals surface area (Å²) >= 11 is 0. The van der Waals surface area contributed by atoms with Crippen LogP contribution in [0.2, 0.25) is 0 Å². The van der Waals surface area contributed by atoms with Crippen molar-refractivity contribution in [2.24, 2.45) is 10.9 Å². The van der Waals surface area contributed by atoms with Gasteiger partial charge < -0.3 is 30.6 Å². The molecule has 2 bridgehead atoms. The van der Waals surface area contributed by atoms with Crippen molar-refractivity contribution in [2.75, 3.05) is 63.6 Å². The van der Waals surface area contributed by atoms with E-state index in [0.29, 0.717) is 42.2 Å². The minimum absolute atomic E-state index is 0.168. The van der Waals surface area contributed by atoms with E-state index in [2.05, 4.69) is 72.5 Å². The average molecular weight is 546 g/mol. The summed E-state index contributed by atoms with van der Waals surface area (Å²) in [6, 6.07) is 8.10. The summed E-state index contributed by atoms with van der Waals surface area (Å²) in [5, 5.41) is 14.4. The van der Waals surface area contributed by atoms with Gasteiger partial charge in [0.15, 0.2) is 11.7 Å². The van der Waals surface area contributed by atoms with Crippen LogP contribution in [0.1, 0.15) is 47.3 Å². The van der Waals surface area contributed by atoms with Crippen molar-refractivity contribution in [2.45, 2.75) is 33.2 Å². The molecule has 11 nitrogen and oxygen atoms in total. The van der Waals surface area contributed by atoms with E-state index in [1.165, 1.54) is 5.56 Å². The van der Waals surface area contributed by atoms with Gasteiger partial charge in [-0.25, -0.2) is 9.97 Å². The predicted molar refractivity (Wildman–Crippen MR) is 158 cm³/mol. The fourth-order valence-electron chi connectivity index (χ4n) is 5.32. The van der Waals surface area contributed by atoms with Crippen molar-refractivity contribution in [1.82, 2.24) is 25.1 Å². The second-order valence-electron chi connectivity index (χ2n) is 10.9. The van der Waals surface area contributed by atoms with Gasteiger partial charge in [-0.05, 0) is 56.5 Å². The Kier molecular flexibility index (Phi) is 8.41. The minimum Gasteiger partial charge on any atom is -0.479 e. The predicted octanol–water partition coefficient (Wildman–Crippen LogP) is 2.94. The van der Waals surface area contributed by atoms with Crippen LogP contribution < -0.4 is 15.5 Å². The summed E-state index contributed by atoms with van der Waals surface area (Å²) in [6.45, 7) is 10.4. The summed E-state index contributed by atoms with van der Waals surface area (Å²) in [4.78, 5) is 33.9. The van der Waals surface area contributed by atoms with Gasteiger partial charge in [0, 0.05) is 58.2 Å². The van der Waals surface area contributed by atoms with Crippen molar-refractivity contribution in [1.29, 1.82) is 5.41 Å². The van der Waals surface area contributed by atoms with E-state index in [-0.39, 0.29) is 11.5 Å². The summed E-state index contributed by atoms with van der Waals surface area (Å²) in [5.41, 5.74) is 4.38. The van der Waals surface area contributed by atoms with E-state index in [1.54, 1.807) is 20.0 Å². The summed E-state index contributed by atoms with van der Waals surface area (Å²) in [6.07, 6.45) is 2.91. The van der Waals surface area contributed by atoms with E-state index >= 15 is 0 Å².